The molecule has 3 rings (SSSR count). The molecule has 112 valence electrons. The Morgan fingerprint density at radius 2 is 1.68 bits per heavy atom. The Labute approximate surface area is 136 Å². The zero-order chi connectivity index (χ0) is 15.7. The molecule has 0 atom stereocenters. The van der Waals surface area contributed by atoms with Crippen LogP contribution in [0.2, 0.25) is 5.02 Å². The van der Waals surface area contributed by atoms with E-state index in [0.29, 0.717) is 23.4 Å². The van der Waals surface area contributed by atoms with Gasteiger partial charge in [-0.2, -0.15) is 0 Å². The summed E-state index contributed by atoms with van der Waals surface area (Å²) in [7, 11) is 0. The summed E-state index contributed by atoms with van der Waals surface area (Å²) in [5.41, 5.74) is 0.893. The SMILES string of the molecule is O=C1c2ccccc2C(=O)N1CCSc1ccc(F)c(Cl)c1. The van der Waals surface area contributed by atoms with Gasteiger partial charge in [0.05, 0.1) is 16.1 Å². The van der Waals surface area contributed by atoms with Gasteiger partial charge in [-0.3, -0.25) is 14.5 Å². The molecule has 2 amide bonds. The highest BCUT2D eigenvalue weighted by Crippen LogP contribution is 2.26. The van der Waals surface area contributed by atoms with Crippen molar-refractivity contribution in [3.63, 3.8) is 0 Å². The Kier molecular flexibility index (Phi) is 4.18. The van der Waals surface area contributed by atoms with Crippen molar-refractivity contribution in [1.82, 2.24) is 4.90 Å². The quantitative estimate of drug-likeness (QED) is 0.629. The summed E-state index contributed by atoms with van der Waals surface area (Å²) in [6.45, 7) is 0.298. The van der Waals surface area contributed by atoms with E-state index in [1.807, 2.05) is 0 Å². The van der Waals surface area contributed by atoms with Crippen LogP contribution < -0.4 is 0 Å². The summed E-state index contributed by atoms with van der Waals surface area (Å²) in [5.74, 6) is -0.476. The molecule has 0 fully saturated rings. The minimum Gasteiger partial charge on any atom is -0.273 e. The molecule has 0 saturated heterocycles. The molecule has 1 aliphatic heterocycles. The topological polar surface area (TPSA) is 37.4 Å². The van der Waals surface area contributed by atoms with E-state index in [2.05, 4.69) is 0 Å². The number of carbonyl (C=O) groups excluding carboxylic acids is 2. The molecule has 1 heterocycles. The Morgan fingerprint density at radius 1 is 1.05 bits per heavy atom. The molecule has 0 unspecified atom stereocenters. The maximum Gasteiger partial charge on any atom is 0.261 e. The van der Waals surface area contributed by atoms with Crippen molar-refractivity contribution >= 4 is 35.2 Å². The highest BCUT2D eigenvalue weighted by atomic mass is 35.5. The van der Waals surface area contributed by atoms with Gasteiger partial charge in [0.2, 0.25) is 0 Å². The first-order chi connectivity index (χ1) is 10.6. The fourth-order valence-corrected chi connectivity index (χ4v) is 3.38. The van der Waals surface area contributed by atoms with Crippen LogP contribution in [0.1, 0.15) is 20.7 Å². The maximum atomic E-state index is 13.1. The lowest BCUT2D eigenvalue weighted by Crippen LogP contribution is -2.31. The number of amides is 2. The number of halogens is 2. The second-order valence-corrected chi connectivity index (χ2v) is 6.31. The molecule has 0 bridgehead atoms. The van der Waals surface area contributed by atoms with Crippen molar-refractivity contribution in [3.05, 3.63) is 64.4 Å². The molecule has 3 nitrogen and oxygen atoms in total. The molecule has 2 aromatic carbocycles. The average molecular weight is 336 g/mol. The average Bonchev–Trinajstić information content (AvgIpc) is 2.76. The number of fused-ring (bicyclic) bond motifs is 1. The normalized spacial score (nSPS) is 13.6. The van der Waals surface area contributed by atoms with Gasteiger partial charge in [0.25, 0.3) is 11.8 Å². The van der Waals surface area contributed by atoms with E-state index in [-0.39, 0.29) is 16.8 Å². The number of hydrogen-bond acceptors (Lipinski definition) is 3. The molecule has 22 heavy (non-hydrogen) atoms. The van der Waals surface area contributed by atoms with Crippen LogP contribution in [0.15, 0.2) is 47.4 Å². The number of thioether (sulfide) groups is 1. The van der Waals surface area contributed by atoms with Crippen molar-refractivity contribution in [2.45, 2.75) is 4.90 Å². The minimum atomic E-state index is -0.466. The predicted molar refractivity (Wildman–Crippen MR) is 83.9 cm³/mol. The van der Waals surface area contributed by atoms with Crippen LogP contribution in [-0.2, 0) is 0 Å². The van der Waals surface area contributed by atoms with E-state index in [1.165, 1.54) is 28.8 Å². The third-order valence-electron chi connectivity index (χ3n) is 3.35. The summed E-state index contributed by atoms with van der Waals surface area (Å²) in [4.78, 5) is 26.4. The van der Waals surface area contributed by atoms with Crippen molar-refractivity contribution < 1.29 is 14.0 Å². The Balaban J connectivity index is 1.64. The summed E-state index contributed by atoms with van der Waals surface area (Å²) in [6, 6.07) is 11.2. The predicted octanol–water partition coefficient (Wildman–Crippen LogP) is 3.87. The molecule has 1 aliphatic rings. The van der Waals surface area contributed by atoms with Crippen LogP contribution in [0.3, 0.4) is 0 Å². The first-order valence-corrected chi connectivity index (χ1v) is 7.97. The first kappa shape index (κ1) is 15.1. The first-order valence-electron chi connectivity index (χ1n) is 6.61. The third-order valence-corrected chi connectivity index (χ3v) is 4.62. The fraction of sp³-hybridized carbons (Fsp3) is 0.125. The zero-order valence-corrected chi connectivity index (χ0v) is 13.0. The van der Waals surface area contributed by atoms with Crippen LogP contribution >= 0.6 is 23.4 Å². The fourth-order valence-electron chi connectivity index (χ4n) is 2.26. The monoisotopic (exact) mass is 335 g/mol. The van der Waals surface area contributed by atoms with Crippen molar-refractivity contribution in [2.75, 3.05) is 12.3 Å². The number of nitrogens with zero attached hydrogens (tertiary/aromatic N) is 1. The lowest BCUT2D eigenvalue weighted by Gasteiger charge is -2.13. The van der Waals surface area contributed by atoms with Gasteiger partial charge in [-0.05, 0) is 30.3 Å². The molecule has 0 aromatic heterocycles. The van der Waals surface area contributed by atoms with Gasteiger partial charge in [-0.1, -0.05) is 23.7 Å². The van der Waals surface area contributed by atoms with E-state index < -0.39 is 5.82 Å². The van der Waals surface area contributed by atoms with Crippen molar-refractivity contribution in [3.8, 4) is 0 Å². The minimum absolute atomic E-state index is 0.0609. The molecule has 0 radical (unpaired) electrons. The number of benzene rings is 2. The molecular formula is C16H11ClFNO2S. The smallest absolute Gasteiger partial charge is 0.261 e. The van der Waals surface area contributed by atoms with Crippen LogP contribution in [-0.4, -0.2) is 29.0 Å². The van der Waals surface area contributed by atoms with Gasteiger partial charge in [0.15, 0.2) is 0 Å². The summed E-state index contributed by atoms with van der Waals surface area (Å²) in [5, 5.41) is 0.0609. The van der Waals surface area contributed by atoms with Crippen LogP contribution in [0.4, 0.5) is 4.39 Å². The second-order valence-electron chi connectivity index (χ2n) is 4.73. The lowest BCUT2D eigenvalue weighted by atomic mass is 10.1. The van der Waals surface area contributed by atoms with Crippen molar-refractivity contribution in [2.24, 2.45) is 0 Å². The van der Waals surface area contributed by atoms with Crippen LogP contribution in [0.5, 0.6) is 0 Å². The molecule has 2 aromatic rings. The summed E-state index contributed by atoms with van der Waals surface area (Å²) in [6.07, 6.45) is 0. The lowest BCUT2D eigenvalue weighted by molar-refractivity contribution is 0.0664. The van der Waals surface area contributed by atoms with E-state index in [0.717, 1.165) is 4.90 Å². The highest BCUT2D eigenvalue weighted by Gasteiger charge is 2.34. The third kappa shape index (κ3) is 2.74. The van der Waals surface area contributed by atoms with Gasteiger partial charge in [-0.25, -0.2) is 4.39 Å². The van der Waals surface area contributed by atoms with Crippen LogP contribution in [0, 0.1) is 5.82 Å². The molecular weight excluding hydrogens is 325 g/mol. The Morgan fingerprint density at radius 3 is 2.27 bits per heavy atom. The summed E-state index contributed by atoms with van der Waals surface area (Å²) >= 11 is 7.14. The second kappa shape index (κ2) is 6.10. The molecule has 0 spiro atoms. The van der Waals surface area contributed by atoms with Gasteiger partial charge in [-0.15, -0.1) is 11.8 Å². The molecule has 0 saturated carbocycles. The Bertz CT molecular complexity index is 731. The molecule has 6 heteroatoms. The maximum absolute atomic E-state index is 13.1. The van der Waals surface area contributed by atoms with E-state index in [9.17, 15) is 14.0 Å². The number of imide groups is 1. The highest BCUT2D eigenvalue weighted by molar-refractivity contribution is 7.99. The number of rotatable bonds is 4. The number of hydrogen-bond donors (Lipinski definition) is 0. The van der Waals surface area contributed by atoms with Gasteiger partial charge < -0.3 is 0 Å². The standard InChI is InChI=1S/C16H11ClFNO2S/c17-13-9-10(5-6-14(13)18)22-8-7-19-15(20)11-3-1-2-4-12(11)16(19)21/h1-6,9H,7-8H2. The van der Waals surface area contributed by atoms with E-state index in [4.69, 9.17) is 11.6 Å². The Hall–Kier alpha value is -1.85. The van der Waals surface area contributed by atoms with E-state index >= 15 is 0 Å². The van der Waals surface area contributed by atoms with Gasteiger partial charge in [0, 0.05) is 17.2 Å². The largest absolute Gasteiger partial charge is 0.273 e. The summed E-state index contributed by atoms with van der Waals surface area (Å²) < 4.78 is 13.1. The number of carbonyl (C=O) groups is 2. The van der Waals surface area contributed by atoms with Gasteiger partial charge >= 0.3 is 0 Å². The van der Waals surface area contributed by atoms with E-state index in [1.54, 1.807) is 30.3 Å². The molecule has 0 N–H and O–H groups in total. The molecule has 0 aliphatic carbocycles. The zero-order valence-electron chi connectivity index (χ0n) is 11.4. The van der Waals surface area contributed by atoms with Crippen molar-refractivity contribution in [1.29, 1.82) is 0 Å². The van der Waals surface area contributed by atoms with Crippen LogP contribution in [0.25, 0.3) is 0 Å². The van der Waals surface area contributed by atoms with Gasteiger partial charge in [0.1, 0.15) is 5.82 Å².